The molecule has 2 atom stereocenters. The van der Waals surface area contributed by atoms with Crippen molar-refractivity contribution in [3.63, 3.8) is 0 Å². The fourth-order valence-corrected chi connectivity index (χ4v) is 3.54. The van der Waals surface area contributed by atoms with Gasteiger partial charge in [0.25, 0.3) is 0 Å². The molecule has 3 heteroatoms. The Balaban J connectivity index is 2.62. The average Bonchev–Trinajstić information content (AvgIpc) is 2.87. The van der Waals surface area contributed by atoms with Crippen LogP contribution < -0.4 is 5.73 Å². The van der Waals surface area contributed by atoms with Crippen LogP contribution in [0.15, 0.2) is 17.5 Å². The van der Waals surface area contributed by atoms with E-state index in [1.54, 1.807) is 0 Å². The summed E-state index contributed by atoms with van der Waals surface area (Å²) in [6, 6.07) is 5.42. The molecule has 0 aliphatic heterocycles. The Bertz CT molecular complexity index is 306. The van der Waals surface area contributed by atoms with E-state index in [0.29, 0.717) is 18.0 Å². The summed E-state index contributed by atoms with van der Waals surface area (Å²) < 4.78 is 0. The first-order valence-electron chi connectivity index (χ1n) is 7.08. The second-order valence-corrected chi connectivity index (χ2v) is 6.21. The van der Waals surface area contributed by atoms with E-state index in [0.717, 1.165) is 13.0 Å². The van der Waals surface area contributed by atoms with Crippen molar-refractivity contribution in [1.29, 1.82) is 0 Å². The molecular formula is C15H28N2S. The minimum absolute atomic E-state index is 0.509. The first-order chi connectivity index (χ1) is 8.63. The van der Waals surface area contributed by atoms with Gasteiger partial charge in [0.1, 0.15) is 0 Å². The van der Waals surface area contributed by atoms with Crippen LogP contribution in [-0.4, -0.2) is 30.6 Å². The van der Waals surface area contributed by atoms with Crippen molar-refractivity contribution in [3.05, 3.63) is 22.4 Å². The molecule has 0 bridgehead atoms. The Labute approximate surface area is 116 Å². The van der Waals surface area contributed by atoms with Gasteiger partial charge in [0, 0.05) is 23.5 Å². The summed E-state index contributed by atoms with van der Waals surface area (Å²) in [5, 5.41) is 2.16. The zero-order chi connectivity index (χ0) is 13.5. The Morgan fingerprint density at radius 2 is 2.00 bits per heavy atom. The minimum Gasteiger partial charge on any atom is -0.329 e. The van der Waals surface area contributed by atoms with Crippen molar-refractivity contribution in [2.24, 2.45) is 11.7 Å². The van der Waals surface area contributed by atoms with Gasteiger partial charge in [0.2, 0.25) is 0 Å². The normalized spacial score (nSPS) is 15.3. The SMILES string of the molecule is CCC(CC)C(CN)N(C)C(C)Cc1cccs1. The largest absolute Gasteiger partial charge is 0.329 e. The third kappa shape index (κ3) is 4.08. The molecule has 1 heterocycles. The average molecular weight is 268 g/mol. The highest BCUT2D eigenvalue weighted by Gasteiger charge is 2.24. The molecule has 0 saturated heterocycles. The van der Waals surface area contributed by atoms with Crippen molar-refractivity contribution < 1.29 is 0 Å². The molecule has 0 amide bonds. The summed E-state index contributed by atoms with van der Waals surface area (Å²) in [7, 11) is 2.23. The summed E-state index contributed by atoms with van der Waals surface area (Å²) in [4.78, 5) is 3.95. The van der Waals surface area contributed by atoms with Gasteiger partial charge in [-0.15, -0.1) is 11.3 Å². The zero-order valence-corrected chi connectivity index (χ0v) is 13.0. The minimum atomic E-state index is 0.509. The summed E-state index contributed by atoms with van der Waals surface area (Å²) in [5.74, 6) is 0.714. The van der Waals surface area contributed by atoms with E-state index in [2.05, 4.69) is 50.2 Å². The van der Waals surface area contributed by atoms with E-state index in [1.807, 2.05) is 11.3 Å². The molecular weight excluding hydrogens is 240 g/mol. The maximum atomic E-state index is 6.00. The van der Waals surface area contributed by atoms with Gasteiger partial charge >= 0.3 is 0 Å². The summed E-state index contributed by atoms with van der Waals surface area (Å²) in [6.07, 6.45) is 3.56. The molecule has 1 aromatic heterocycles. The molecule has 0 fully saturated rings. The topological polar surface area (TPSA) is 29.3 Å². The van der Waals surface area contributed by atoms with Gasteiger partial charge in [-0.25, -0.2) is 0 Å². The lowest BCUT2D eigenvalue weighted by Gasteiger charge is -2.37. The van der Waals surface area contributed by atoms with Crippen LogP contribution in [0, 0.1) is 5.92 Å². The molecule has 0 saturated carbocycles. The Morgan fingerprint density at radius 3 is 2.44 bits per heavy atom. The number of likely N-dealkylation sites (N-methyl/N-ethyl adjacent to an activating group) is 1. The smallest absolute Gasteiger partial charge is 0.0246 e. The second kappa shape index (κ2) is 7.93. The van der Waals surface area contributed by atoms with Gasteiger partial charge in [0.15, 0.2) is 0 Å². The molecule has 2 unspecified atom stereocenters. The van der Waals surface area contributed by atoms with E-state index < -0.39 is 0 Å². The van der Waals surface area contributed by atoms with Crippen LogP contribution in [0.2, 0.25) is 0 Å². The highest BCUT2D eigenvalue weighted by Crippen LogP contribution is 2.21. The fourth-order valence-electron chi connectivity index (χ4n) is 2.71. The monoisotopic (exact) mass is 268 g/mol. The van der Waals surface area contributed by atoms with Gasteiger partial charge < -0.3 is 5.73 Å². The second-order valence-electron chi connectivity index (χ2n) is 5.18. The molecule has 0 aliphatic rings. The molecule has 1 rings (SSSR count). The molecule has 18 heavy (non-hydrogen) atoms. The Hall–Kier alpha value is -0.380. The van der Waals surface area contributed by atoms with Gasteiger partial charge in [-0.1, -0.05) is 32.8 Å². The van der Waals surface area contributed by atoms with E-state index in [1.165, 1.54) is 17.7 Å². The van der Waals surface area contributed by atoms with Crippen LogP contribution in [0.3, 0.4) is 0 Å². The quantitative estimate of drug-likeness (QED) is 0.783. The third-order valence-corrected chi connectivity index (χ3v) is 5.03. The first-order valence-corrected chi connectivity index (χ1v) is 7.96. The van der Waals surface area contributed by atoms with Gasteiger partial charge in [-0.05, 0) is 37.8 Å². The van der Waals surface area contributed by atoms with Crippen molar-refractivity contribution in [2.45, 2.75) is 52.1 Å². The maximum Gasteiger partial charge on any atom is 0.0246 e. The van der Waals surface area contributed by atoms with Gasteiger partial charge in [-0.3, -0.25) is 4.90 Å². The lowest BCUT2D eigenvalue weighted by Crippen LogP contribution is -2.47. The molecule has 0 aliphatic carbocycles. The number of nitrogens with zero attached hydrogens (tertiary/aromatic N) is 1. The van der Waals surface area contributed by atoms with Crippen LogP contribution >= 0.6 is 11.3 Å². The van der Waals surface area contributed by atoms with Crippen molar-refractivity contribution in [3.8, 4) is 0 Å². The molecule has 0 spiro atoms. The molecule has 1 aromatic rings. The number of hydrogen-bond acceptors (Lipinski definition) is 3. The van der Waals surface area contributed by atoms with Crippen LogP contribution in [0.4, 0.5) is 0 Å². The summed E-state index contributed by atoms with van der Waals surface area (Å²) >= 11 is 1.85. The van der Waals surface area contributed by atoms with Crippen molar-refractivity contribution in [2.75, 3.05) is 13.6 Å². The molecule has 2 N–H and O–H groups in total. The maximum absolute atomic E-state index is 6.00. The van der Waals surface area contributed by atoms with E-state index in [9.17, 15) is 0 Å². The fraction of sp³-hybridized carbons (Fsp3) is 0.733. The van der Waals surface area contributed by atoms with Crippen molar-refractivity contribution in [1.82, 2.24) is 4.90 Å². The third-order valence-electron chi connectivity index (χ3n) is 4.13. The molecule has 2 nitrogen and oxygen atoms in total. The lowest BCUT2D eigenvalue weighted by molar-refractivity contribution is 0.130. The van der Waals surface area contributed by atoms with E-state index in [-0.39, 0.29) is 0 Å². The van der Waals surface area contributed by atoms with Crippen LogP contribution in [0.1, 0.15) is 38.5 Å². The Kier molecular flexibility index (Phi) is 6.90. The van der Waals surface area contributed by atoms with E-state index in [4.69, 9.17) is 5.73 Å². The summed E-state index contributed by atoms with van der Waals surface area (Å²) in [5.41, 5.74) is 6.00. The molecule has 0 radical (unpaired) electrons. The lowest BCUT2D eigenvalue weighted by atomic mass is 9.92. The number of hydrogen-bond donors (Lipinski definition) is 1. The standard InChI is InChI=1S/C15H28N2S/c1-5-13(6-2)15(11-16)17(4)12(3)10-14-8-7-9-18-14/h7-9,12-13,15H,5-6,10-11,16H2,1-4H3. The van der Waals surface area contributed by atoms with Crippen LogP contribution in [0.25, 0.3) is 0 Å². The zero-order valence-electron chi connectivity index (χ0n) is 12.2. The van der Waals surface area contributed by atoms with Gasteiger partial charge in [-0.2, -0.15) is 0 Å². The molecule has 104 valence electrons. The van der Waals surface area contributed by atoms with E-state index >= 15 is 0 Å². The highest BCUT2D eigenvalue weighted by atomic mass is 32.1. The van der Waals surface area contributed by atoms with Gasteiger partial charge in [0.05, 0.1) is 0 Å². The Morgan fingerprint density at radius 1 is 1.33 bits per heavy atom. The first kappa shape index (κ1) is 15.7. The number of thiophene rings is 1. The van der Waals surface area contributed by atoms with Crippen molar-refractivity contribution >= 4 is 11.3 Å². The number of nitrogens with two attached hydrogens (primary N) is 1. The predicted octanol–water partition coefficient (Wildman–Crippen LogP) is 3.37. The number of rotatable bonds is 8. The highest BCUT2D eigenvalue weighted by molar-refractivity contribution is 7.09. The predicted molar refractivity (Wildman–Crippen MR) is 82.2 cm³/mol. The summed E-state index contributed by atoms with van der Waals surface area (Å²) in [6.45, 7) is 7.62. The van der Waals surface area contributed by atoms with Crippen LogP contribution in [0.5, 0.6) is 0 Å². The molecule has 0 aromatic carbocycles. The van der Waals surface area contributed by atoms with Crippen LogP contribution in [-0.2, 0) is 6.42 Å².